The van der Waals surface area contributed by atoms with Crippen LogP contribution in [0.25, 0.3) is 0 Å². The quantitative estimate of drug-likeness (QED) is 0.911. The van der Waals surface area contributed by atoms with Gasteiger partial charge in [-0.25, -0.2) is 4.98 Å². The van der Waals surface area contributed by atoms with Gasteiger partial charge in [-0.3, -0.25) is 9.78 Å². The summed E-state index contributed by atoms with van der Waals surface area (Å²) in [6, 6.07) is 9.94. The standard InChI is InChI=1S/C15H15N3O/c19-15(18-13-10-16-8-9-17-13)14(12-6-7-12)11-4-2-1-3-5-11/h1-5,8-10,12,14H,6-7H2,(H,17,18,19). The summed E-state index contributed by atoms with van der Waals surface area (Å²) >= 11 is 0. The fraction of sp³-hybridized carbons (Fsp3) is 0.267. The van der Waals surface area contributed by atoms with Gasteiger partial charge in [0.2, 0.25) is 5.91 Å². The van der Waals surface area contributed by atoms with E-state index in [1.54, 1.807) is 18.6 Å². The predicted octanol–water partition coefficient (Wildman–Crippen LogP) is 2.61. The Hall–Kier alpha value is -2.23. The van der Waals surface area contributed by atoms with Crippen LogP contribution in [0.4, 0.5) is 5.82 Å². The topological polar surface area (TPSA) is 54.9 Å². The minimum atomic E-state index is -0.0804. The molecule has 1 aliphatic carbocycles. The first-order valence-corrected chi connectivity index (χ1v) is 6.46. The molecule has 19 heavy (non-hydrogen) atoms. The highest BCUT2D eigenvalue weighted by Crippen LogP contribution is 2.43. The third kappa shape index (κ3) is 2.78. The molecule has 0 radical (unpaired) electrons. The maximum absolute atomic E-state index is 12.4. The van der Waals surface area contributed by atoms with Crippen LogP contribution in [-0.2, 0) is 4.79 Å². The zero-order valence-corrected chi connectivity index (χ0v) is 10.5. The Morgan fingerprint density at radius 1 is 1.21 bits per heavy atom. The minimum Gasteiger partial charge on any atom is -0.309 e. The van der Waals surface area contributed by atoms with Crippen molar-refractivity contribution in [1.29, 1.82) is 0 Å². The van der Waals surface area contributed by atoms with Crippen LogP contribution in [0.5, 0.6) is 0 Å². The highest BCUT2D eigenvalue weighted by atomic mass is 16.2. The fourth-order valence-corrected chi connectivity index (χ4v) is 2.30. The van der Waals surface area contributed by atoms with E-state index in [2.05, 4.69) is 15.3 Å². The molecule has 3 rings (SSSR count). The first kappa shape index (κ1) is 11.8. The van der Waals surface area contributed by atoms with Crippen molar-refractivity contribution in [2.24, 2.45) is 5.92 Å². The summed E-state index contributed by atoms with van der Waals surface area (Å²) in [4.78, 5) is 20.4. The van der Waals surface area contributed by atoms with Gasteiger partial charge in [-0.15, -0.1) is 0 Å². The fourth-order valence-electron chi connectivity index (χ4n) is 2.30. The minimum absolute atomic E-state index is 0.00852. The summed E-state index contributed by atoms with van der Waals surface area (Å²) in [5.74, 6) is 0.894. The average Bonchev–Trinajstić information content (AvgIpc) is 3.26. The van der Waals surface area contributed by atoms with Crippen molar-refractivity contribution >= 4 is 11.7 Å². The lowest BCUT2D eigenvalue weighted by atomic mass is 9.93. The second kappa shape index (κ2) is 5.18. The Morgan fingerprint density at radius 3 is 2.63 bits per heavy atom. The van der Waals surface area contributed by atoms with Crippen LogP contribution in [-0.4, -0.2) is 15.9 Å². The van der Waals surface area contributed by atoms with Crippen LogP contribution in [0, 0.1) is 5.92 Å². The molecule has 1 heterocycles. The van der Waals surface area contributed by atoms with E-state index < -0.39 is 0 Å². The molecule has 1 saturated carbocycles. The summed E-state index contributed by atoms with van der Waals surface area (Å²) in [6.07, 6.45) is 6.96. The number of carbonyl (C=O) groups is 1. The van der Waals surface area contributed by atoms with Crippen LogP contribution in [0.3, 0.4) is 0 Å². The molecule has 1 unspecified atom stereocenters. The molecule has 1 atom stereocenters. The average molecular weight is 253 g/mol. The predicted molar refractivity (Wildman–Crippen MR) is 72.6 cm³/mol. The first-order valence-electron chi connectivity index (χ1n) is 6.46. The normalized spacial score (nSPS) is 15.8. The van der Waals surface area contributed by atoms with Crippen LogP contribution in [0.15, 0.2) is 48.9 Å². The molecule has 4 nitrogen and oxygen atoms in total. The molecule has 1 fully saturated rings. The summed E-state index contributed by atoms with van der Waals surface area (Å²) in [5, 5.41) is 2.85. The molecule has 4 heteroatoms. The number of benzene rings is 1. The molecule has 0 saturated heterocycles. The maximum Gasteiger partial charge on any atom is 0.233 e. The second-order valence-corrected chi connectivity index (χ2v) is 4.81. The second-order valence-electron chi connectivity index (χ2n) is 4.81. The summed E-state index contributed by atoms with van der Waals surface area (Å²) in [7, 11) is 0. The smallest absolute Gasteiger partial charge is 0.233 e. The Bertz CT molecular complexity index is 552. The van der Waals surface area contributed by atoms with Crippen molar-refractivity contribution in [3.05, 3.63) is 54.5 Å². The summed E-state index contributed by atoms with van der Waals surface area (Å²) < 4.78 is 0. The summed E-state index contributed by atoms with van der Waals surface area (Å²) in [5.41, 5.74) is 1.08. The van der Waals surface area contributed by atoms with Gasteiger partial charge in [-0.2, -0.15) is 0 Å². The van der Waals surface area contributed by atoms with Gasteiger partial charge >= 0.3 is 0 Å². The van der Waals surface area contributed by atoms with E-state index >= 15 is 0 Å². The Balaban J connectivity index is 1.79. The van der Waals surface area contributed by atoms with E-state index in [1.807, 2.05) is 30.3 Å². The van der Waals surface area contributed by atoms with E-state index in [1.165, 1.54) is 0 Å². The number of nitrogens with one attached hydrogen (secondary N) is 1. The van der Waals surface area contributed by atoms with E-state index in [0.29, 0.717) is 11.7 Å². The molecule has 0 aliphatic heterocycles. The molecular formula is C15H15N3O. The number of carbonyl (C=O) groups excluding carboxylic acids is 1. The zero-order chi connectivity index (χ0) is 13.1. The van der Waals surface area contributed by atoms with Crippen molar-refractivity contribution in [3.8, 4) is 0 Å². The maximum atomic E-state index is 12.4. The van der Waals surface area contributed by atoms with Crippen molar-refractivity contribution in [3.63, 3.8) is 0 Å². The van der Waals surface area contributed by atoms with E-state index in [0.717, 1.165) is 18.4 Å². The monoisotopic (exact) mass is 253 g/mol. The van der Waals surface area contributed by atoms with Crippen molar-refractivity contribution in [2.45, 2.75) is 18.8 Å². The van der Waals surface area contributed by atoms with Crippen LogP contribution >= 0.6 is 0 Å². The van der Waals surface area contributed by atoms with Crippen LogP contribution in [0.1, 0.15) is 24.3 Å². The van der Waals surface area contributed by atoms with Gasteiger partial charge in [0.25, 0.3) is 0 Å². The van der Waals surface area contributed by atoms with Gasteiger partial charge in [0.05, 0.1) is 12.1 Å². The van der Waals surface area contributed by atoms with E-state index in [4.69, 9.17) is 0 Å². The molecule has 1 N–H and O–H groups in total. The lowest BCUT2D eigenvalue weighted by Crippen LogP contribution is -2.23. The number of rotatable bonds is 4. The summed E-state index contributed by atoms with van der Waals surface area (Å²) in [6.45, 7) is 0. The zero-order valence-electron chi connectivity index (χ0n) is 10.5. The number of hydrogen-bond acceptors (Lipinski definition) is 3. The number of anilines is 1. The lowest BCUT2D eigenvalue weighted by Gasteiger charge is -2.16. The number of hydrogen-bond donors (Lipinski definition) is 1. The molecule has 96 valence electrons. The van der Waals surface area contributed by atoms with Crippen molar-refractivity contribution < 1.29 is 4.79 Å². The van der Waals surface area contributed by atoms with Gasteiger partial charge in [0.1, 0.15) is 0 Å². The third-order valence-electron chi connectivity index (χ3n) is 3.35. The first-order chi connectivity index (χ1) is 9.34. The lowest BCUT2D eigenvalue weighted by molar-refractivity contribution is -0.118. The van der Waals surface area contributed by atoms with E-state index in [-0.39, 0.29) is 11.8 Å². The molecule has 1 aliphatic rings. The van der Waals surface area contributed by atoms with Gasteiger partial charge in [0.15, 0.2) is 5.82 Å². The number of aromatic nitrogens is 2. The SMILES string of the molecule is O=C(Nc1cnccn1)C(c1ccccc1)C1CC1. The van der Waals surface area contributed by atoms with Gasteiger partial charge in [0, 0.05) is 12.4 Å². The third-order valence-corrected chi connectivity index (χ3v) is 3.35. The highest BCUT2D eigenvalue weighted by Gasteiger charge is 2.37. The molecule has 1 amide bonds. The molecular weight excluding hydrogens is 238 g/mol. The Labute approximate surface area is 111 Å². The van der Waals surface area contributed by atoms with Crippen LogP contribution in [0.2, 0.25) is 0 Å². The van der Waals surface area contributed by atoms with Crippen molar-refractivity contribution in [1.82, 2.24) is 9.97 Å². The molecule has 1 aromatic carbocycles. The van der Waals surface area contributed by atoms with Gasteiger partial charge in [-0.05, 0) is 24.3 Å². The Morgan fingerprint density at radius 2 is 2.00 bits per heavy atom. The molecule has 2 aromatic rings. The van der Waals surface area contributed by atoms with Gasteiger partial charge in [-0.1, -0.05) is 30.3 Å². The van der Waals surface area contributed by atoms with Gasteiger partial charge < -0.3 is 5.32 Å². The van der Waals surface area contributed by atoms with Crippen LogP contribution < -0.4 is 5.32 Å². The van der Waals surface area contributed by atoms with E-state index in [9.17, 15) is 4.79 Å². The highest BCUT2D eigenvalue weighted by molar-refractivity contribution is 5.95. The van der Waals surface area contributed by atoms with Crippen molar-refractivity contribution in [2.75, 3.05) is 5.32 Å². The number of amides is 1. The largest absolute Gasteiger partial charge is 0.309 e. The molecule has 0 bridgehead atoms. The molecule has 1 aromatic heterocycles. The molecule has 0 spiro atoms. The Kier molecular flexibility index (Phi) is 3.23. The number of nitrogens with zero attached hydrogens (tertiary/aromatic N) is 2.